The fourth-order valence-electron chi connectivity index (χ4n) is 2.02. The summed E-state index contributed by atoms with van der Waals surface area (Å²) in [6.07, 6.45) is 3.09. The highest BCUT2D eigenvalue weighted by molar-refractivity contribution is 7.90. The highest BCUT2D eigenvalue weighted by Gasteiger charge is 2.11. The van der Waals surface area contributed by atoms with Gasteiger partial charge in [-0.2, -0.15) is 8.42 Å². The third kappa shape index (κ3) is 3.32. The Labute approximate surface area is 128 Å². The molecule has 0 unspecified atom stereocenters. The van der Waals surface area contributed by atoms with Crippen molar-refractivity contribution in [3.05, 3.63) is 77.8 Å². The van der Waals surface area contributed by atoms with Gasteiger partial charge in [0.2, 0.25) is 0 Å². The van der Waals surface area contributed by atoms with Gasteiger partial charge in [0, 0.05) is 11.6 Å². The lowest BCUT2D eigenvalue weighted by Gasteiger charge is -2.06. The third-order valence-electron chi connectivity index (χ3n) is 3.03. The van der Waals surface area contributed by atoms with Crippen LogP contribution in [0.2, 0.25) is 0 Å². The molecule has 3 rings (SSSR count). The Morgan fingerprint density at radius 3 is 2.50 bits per heavy atom. The van der Waals surface area contributed by atoms with Crippen molar-refractivity contribution in [2.24, 2.45) is 0 Å². The average Bonchev–Trinajstić information content (AvgIpc) is 2.54. The molecule has 0 aliphatic rings. The molecule has 0 saturated heterocycles. The summed E-state index contributed by atoms with van der Waals surface area (Å²) in [6, 6.07) is 18.0. The van der Waals surface area contributed by atoms with Crippen molar-refractivity contribution in [2.75, 3.05) is 0 Å². The summed E-state index contributed by atoms with van der Waals surface area (Å²) in [7, 11) is -3.84. The number of para-hydroxylation sites is 1. The number of hydrogen-bond acceptors (Lipinski definition) is 4. The van der Waals surface area contributed by atoms with Crippen LogP contribution in [-0.4, -0.2) is 13.4 Å². The average molecular weight is 311 g/mol. The standard InChI is InChI=1S/C17H13NO3S/c19-22(20,13-11-14-6-2-1-3-7-14)21-16-10-4-8-15-9-5-12-18-17(15)16/h1-13H/b13-11+. The monoisotopic (exact) mass is 311 g/mol. The number of rotatable bonds is 4. The Morgan fingerprint density at radius 1 is 0.909 bits per heavy atom. The predicted octanol–water partition coefficient (Wildman–Crippen LogP) is 3.61. The van der Waals surface area contributed by atoms with Crippen molar-refractivity contribution in [1.82, 2.24) is 4.98 Å². The zero-order chi connectivity index (χ0) is 15.4. The van der Waals surface area contributed by atoms with E-state index in [9.17, 15) is 8.42 Å². The van der Waals surface area contributed by atoms with Crippen LogP contribution >= 0.6 is 0 Å². The first kappa shape index (κ1) is 14.3. The molecule has 4 nitrogen and oxygen atoms in total. The van der Waals surface area contributed by atoms with Crippen LogP contribution in [0, 0.1) is 0 Å². The lowest BCUT2D eigenvalue weighted by molar-refractivity contribution is 0.499. The van der Waals surface area contributed by atoms with Gasteiger partial charge < -0.3 is 4.18 Å². The van der Waals surface area contributed by atoms with E-state index in [1.54, 1.807) is 24.4 Å². The summed E-state index contributed by atoms with van der Waals surface area (Å²) in [4.78, 5) is 4.17. The Bertz CT molecular complexity index is 914. The molecule has 0 fully saturated rings. The van der Waals surface area contributed by atoms with E-state index in [2.05, 4.69) is 4.98 Å². The topological polar surface area (TPSA) is 56.3 Å². The minimum Gasteiger partial charge on any atom is -0.377 e. The molecule has 2 aromatic carbocycles. The van der Waals surface area contributed by atoms with Crippen LogP contribution in [0.3, 0.4) is 0 Å². The van der Waals surface area contributed by atoms with Gasteiger partial charge >= 0.3 is 10.1 Å². The molecule has 0 aliphatic heterocycles. The summed E-state index contributed by atoms with van der Waals surface area (Å²) in [5, 5.41) is 1.87. The number of fused-ring (bicyclic) bond motifs is 1. The fourth-order valence-corrected chi connectivity index (χ4v) is 2.79. The first-order valence-electron chi connectivity index (χ1n) is 6.65. The van der Waals surface area contributed by atoms with Crippen LogP contribution in [0.25, 0.3) is 17.0 Å². The highest BCUT2D eigenvalue weighted by atomic mass is 32.2. The second kappa shape index (κ2) is 5.99. The van der Waals surface area contributed by atoms with E-state index >= 15 is 0 Å². The van der Waals surface area contributed by atoms with Crippen molar-refractivity contribution in [2.45, 2.75) is 0 Å². The second-order valence-electron chi connectivity index (χ2n) is 4.62. The van der Waals surface area contributed by atoms with Crippen molar-refractivity contribution in [1.29, 1.82) is 0 Å². The number of aromatic nitrogens is 1. The van der Waals surface area contributed by atoms with Gasteiger partial charge in [-0.3, -0.25) is 4.98 Å². The Morgan fingerprint density at radius 2 is 1.68 bits per heavy atom. The molecule has 0 radical (unpaired) electrons. The zero-order valence-electron chi connectivity index (χ0n) is 11.6. The van der Waals surface area contributed by atoms with Gasteiger partial charge in [-0.25, -0.2) is 0 Å². The summed E-state index contributed by atoms with van der Waals surface area (Å²) in [6.45, 7) is 0. The van der Waals surface area contributed by atoms with Crippen molar-refractivity contribution in [3.8, 4) is 5.75 Å². The molecule has 0 aliphatic carbocycles. The van der Waals surface area contributed by atoms with Crippen LogP contribution < -0.4 is 4.18 Å². The predicted molar refractivity (Wildman–Crippen MR) is 86.8 cm³/mol. The summed E-state index contributed by atoms with van der Waals surface area (Å²) < 4.78 is 29.3. The molecular weight excluding hydrogens is 298 g/mol. The van der Waals surface area contributed by atoms with E-state index in [1.165, 1.54) is 6.08 Å². The number of hydrogen-bond donors (Lipinski definition) is 0. The molecular formula is C17H13NO3S. The number of benzene rings is 2. The molecule has 1 heterocycles. The maximum Gasteiger partial charge on any atom is 0.332 e. The van der Waals surface area contributed by atoms with Crippen molar-refractivity contribution < 1.29 is 12.6 Å². The largest absolute Gasteiger partial charge is 0.377 e. The van der Waals surface area contributed by atoms with E-state index in [4.69, 9.17) is 4.18 Å². The normalized spacial score (nSPS) is 11.8. The molecule has 1 aromatic heterocycles. The highest BCUT2D eigenvalue weighted by Crippen LogP contribution is 2.24. The van der Waals surface area contributed by atoms with E-state index in [0.717, 1.165) is 16.4 Å². The van der Waals surface area contributed by atoms with Crippen LogP contribution in [0.1, 0.15) is 5.56 Å². The Balaban J connectivity index is 1.89. The minimum atomic E-state index is -3.84. The van der Waals surface area contributed by atoms with Gasteiger partial charge in [-0.1, -0.05) is 48.5 Å². The van der Waals surface area contributed by atoms with Crippen LogP contribution in [0.4, 0.5) is 0 Å². The smallest absolute Gasteiger partial charge is 0.332 e. The molecule has 0 atom stereocenters. The van der Waals surface area contributed by atoms with E-state index in [-0.39, 0.29) is 5.75 Å². The first-order chi connectivity index (χ1) is 10.6. The maximum atomic E-state index is 12.1. The summed E-state index contributed by atoms with van der Waals surface area (Å²) >= 11 is 0. The molecule has 110 valence electrons. The van der Waals surface area contributed by atoms with E-state index in [0.29, 0.717) is 5.52 Å². The molecule has 0 N–H and O–H groups in total. The number of pyridine rings is 1. The maximum absolute atomic E-state index is 12.1. The molecule has 0 spiro atoms. The van der Waals surface area contributed by atoms with Crippen LogP contribution in [0.5, 0.6) is 5.75 Å². The zero-order valence-corrected chi connectivity index (χ0v) is 12.4. The van der Waals surface area contributed by atoms with Crippen LogP contribution in [0.15, 0.2) is 72.3 Å². The van der Waals surface area contributed by atoms with E-state index < -0.39 is 10.1 Å². The van der Waals surface area contributed by atoms with E-state index in [1.807, 2.05) is 42.5 Å². The number of nitrogens with zero attached hydrogens (tertiary/aromatic N) is 1. The van der Waals surface area contributed by atoms with Gasteiger partial charge in [0.15, 0.2) is 5.75 Å². The molecule has 22 heavy (non-hydrogen) atoms. The SMILES string of the molecule is O=S(=O)(/C=C/c1ccccc1)Oc1cccc2cccnc12. The fraction of sp³-hybridized carbons (Fsp3) is 0. The van der Waals surface area contributed by atoms with Gasteiger partial charge in [0.05, 0.1) is 5.41 Å². The molecule has 3 aromatic rings. The van der Waals surface area contributed by atoms with Crippen LogP contribution in [-0.2, 0) is 10.1 Å². The Hall–Kier alpha value is -2.66. The summed E-state index contributed by atoms with van der Waals surface area (Å²) in [5.41, 5.74) is 1.30. The first-order valence-corrected chi connectivity index (χ1v) is 8.13. The van der Waals surface area contributed by atoms with Gasteiger partial charge in [0.1, 0.15) is 5.52 Å². The minimum absolute atomic E-state index is 0.218. The van der Waals surface area contributed by atoms with Gasteiger partial charge in [-0.05, 0) is 23.8 Å². The van der Waals surface area contributed by atoms with Crippen molar-refractivity contribution >= 4 is 27.1 Å². The second-order valence-corrected chi connectivity index (χ2v) is 6.05. The van der Waals surface area contributed by atoms with Gasteiger partial charge in [0.25, 0.3) is 0 Å². The Kier molecular flexibility index (Phi) is 3.89. The molecule has 0 saturated carbocycles. The lowest BCUT2D eigenvalue weighted by Crippen LogP contribution is -2.05. The molecule has 0 amide bonds. The van der Waals surface area contributed by atoms with Gasteiger partial charge in [-0.15, -0.1) is 0 Å². The third-order valence-corrected chi connectivity index (χ3v) is 3.91. The van der Waals surface area contributed by atoms with Crippen molar-refractivity contribution in [3.63, 3.8) is 0 Å². The lowest BCUT2D eigenvalue weighted by atomic mass is 10.2. The molecule has 5 heteroatoms. The summed E-state index contributed by atoms with van der Waals surface area (Å²) in [5.74, 6) is 0.218. The quantitative estimate of drug-likeness (QED) is 0.691. The molecule has 0 bridgehead atoms.